The summed E-state index contributed by atoms with van der Waals surface area (Å²) < 4.78 is 19.6. The zero-order chi connectivity index (χ0) is 15.2. The number of piperidine rings is 1. The van der Waals surface area contributed by atoms with Gasteiger partial charge >= 0.3 is 0 Å². The summed E-state index contributed by atoms with van der Waals surface area (Å²) >= 11 is 0. The van der Waals surface area contributed by atoms with Crippen LogP contribution in [-0.2, 0) is 11.3 Å². The molecule has 1 atom stereocenters. The molecule has 21 heavy (non-hydrogen) atoms. The number of methoxy groups -OCH3 is 1. The van der Waals surface area contributed by atoms with Gasteiger partial charge in [-0.05, 0) is 36.5 Å². The number of rotatable bonds is 6. The smallest absolute Gasteiger partial charge is 0.146 e. The van der Waals surface area contributed by atoms with Crippen LogP contribution in [0.4, 0.5) is 10.1 Å². The Balaban J connectivity index is 2.02. The average molecular weight is 294 g/mol. The van der Waals surface area contributed by atoms with Gasteiger partial charge in [-0.15, -0.1) is 0 Å². The lowest BCUT2D eigenvalue weighted by Crippen LogP contribution is -2.37. The summed E-state index contributed by atoms with van der Waals surface area (Å²) in [6.07, 6.45) is 2.27. The molecule has 0 bridgehead atoms. The lowest BCUT2D eigenvalue weighted by Gasteiger charge is -2.34. The maximum Gasteiger partial charge on any atom is 0.146 e. The number of anilines is 1. The van der Waals surface area contributed by atoms with Gasteiger partial charge in [0.15, 0.2) is 0 Å². The van der Waals surface area contributed by atoms with Gasteiger partial charge in [0.1, 0.15) is 5.82 Å². The van der Waals surface area contributed by atoms with Crippen molar-refractivity contribution < 1.29 is 9.13 Å². The molecule has 1 aromatic carbocycles. The van der Waals surface area contributed by atoms with Crippen molar-refractivity contribution in [1.82, 2.24) is 5.32 Å². The predicted octanol–water partition coefficient (Wildman–Crippen LogP) is 3.19. The van der Waals surface area contributed by atoms with E-state index in [0.29, 0.717) is 18.5 Å². The topological polar surface area (TPSA) is 24.5 Å². The van der Waals surface area contributed by atoms with Crippen LogP contribution in [0.2, 0.25) is 0 Å². The van der Waals surface area contributed by atoms with E-state index in [0.717, 1.165) is 37.4 Å². The molecule has 1 aromatic rings. The van der Waals surface area contributed by atoms with Gasteiger partial charge in [-0.25, -0.2) is 4.39 Å². The first-order valence-corrected chi connectivity index (χ1v) is 7.86. The minimum absolute atomic E-state index is 0.115. The molecular weight excluding hydrogens is 267 g/mol. The van der Waals surface area contributed by atoms with Gasteiger partial charge in [-0.2, -0.15) is 0 Å². The summed E-state index contributed by atoms with van der Waals surface area (Å²) in [5, 5.41) is 3.31. The second-order valence-corrected chi connectivity index (χ2v) is 6.23. The molecule has 0 amide bonds. The Morgan fingerprint density at radius 1 is 1.43 bits per heavy atom. The summed E-state index contributed by atoms with van der Waals surface area (Å²) in [7, 11) is 1.73. The number of hydrogen-bond donors (Lipinski definition) is 1. The van der Waals surface area contributed by atoms with Gasteiger partial charge in [0.25, 0.3) is 0 Å². The predicted molar refractivity (Wildman–Crippen MR) is 85.2 cm³/mol. The van der Waals surface area contributed by atoms with E-state index in [1.54, 1.807) is 13.2 Å². The first kappa shape index (κ1) is 16.2. The molecule has 118 valence electrons. The Hall–Kier alpha value is -1.13. The maximum absolute atomic E-state index is 14.4. The minimum Gasteiger partial charge on any atom is -0.384 e. The summed E-state index contributed by atoms with van der Waals surface area (Å²) in [5.41, 5.74) is 1.72. The van der Waals surface area contributed by atoms with E-state index in [2.05, 4.69) is 24.1 Å². The highest BCUT2D eigenvalue weighted by atomic mass is 19.1. The molecule has 1 heterocycles. The monoisotopic (exact) mass is 294 g/mol. The molecule has 1 aliphatic rings. The van der Waals surface area contributed by atoms with Crippen molar-refractivity contribution in [2.45, 2.75) is 39.3 Å². The van der Waals surface area contributed by atoms with Crippen LogP contribution in [0.3, 0.4) is 0 Å². The van der Waals surface area contributed by atoms with Crippen molar-refractivity contribution >= 4 is 5.69 Å². The Kier molecular flexibility index (Phi) is 6.00. The van der Waals surface area contributed by atoms with Crippen molar-refractivity contribution in [2.75, 3.05) is 31.7 Å². The van der Waals surface area contributed by atoms with Crippen LogP contribution in [0.1, 0.15) is 32.3 Å². The van der Waals surface area contributed by atoms with E-state index < -0.39 is 0 Å². The van der Waals surface area contributed by atoms with Crippen LogP contribution < -0.4 is 10.2 Å². The molecule has 0 aromatic heterocycles. The zero-order valence-electron chi connectivity index (χ0n) is 13.4. The summed E-state index contributed by atoms with van der Waals surface area (Å²) in [5.74, 6) is 0.390. The fourth-order valence-corrected chi connectivity index (χ4v) is 2.89. The molecule has 2 rings (SSSR count). The zero-order valence-corrected chi connectivity index (χ0v) is 13.4. The second kappa shape index (κ2) is 7.76. The van der Waals surface area contributed by atoms with Gasteiger partial charge in [-0.1, -0.05) is 19.9 Å². The minimum atomic E-state index is -0.115. The van der Waals surface area contributed by atoms with E-state index in [1.165, 1.54) is 6.42 Å². The van der Waals surface area contributed by atoms with Crippen molar-refractivity contribution in [2.24, 2.45) is 5.92 Å². The molecule has 1 fully saturated rings. The van der Waals surface area contributed by atoms with Crippen LogP contribution in [0, 0.1) is 11.7 Å². The highest BCUT2D eigenvalue weighted by Gasteiger charge is 2.22. The van der Waals surface area contributed by atoms with Gasteiger partial charge < -0.3 is 15.0 Å². The molecule has 4 heteroatoms. The quantitative estimate of drug-likeness (QED) is 0.872. The molecule has 0 aliphatic carbocycles. The Bertz CT molecular complexity index is 448. The van der Waals surface area contributed by atoms with Crippen molar-refractivity contribution in [3.63, 3.8) is 0 Å². The third-order valence-corrected chi connectivity index (χ3v) is 3.99. The number of hydrogen-bond acceptors (Lipinski definition) is 3. The molecule has 0 radical (unpaired) electrons. The molecular formula is C17H27FN2O. The molecule has 1 unspecified atom stereocenters. The van der Waals surface area contributed by atoms with Gasteiger partial charge in [0.2, 0.25) is 0 Å². The van der Waals surface area contributed by atoms with E-state index in [-0.39, 0.29) is 5.82 Å². The molecule has 3 nitrogen and oxygen atoms in total. The van der Waals surface area contributed by atoms with E-state index in [4.69, 9.17) is 4.74 Å². The van der Waals surface area contributed by atoms with Crippen LogP contribution in [0.15, 0.2) is 18.2 Å². The van der Waals surface area contributed by atoms with Crippen LogP contribution in [0.25, 0.3) is 0 Å². The summed E-state index contributed by atoms with van der Waals surface area (Å²) in [6.45, 7) is 7.47. The van der Waals surface area contributed by atoms with Crippen LogP contribution in [0.5, 0.6) is 0 Å². The molecule has 1 aliphatic heterocycles. The Morgan fingerprint density at radius 2 is 2.24 bits per heavy atom. The second-order valence-electron chi connectivity index (χ2n) is 6.23. The number of nitrogens with zero attached hydrogens (tertiary/aromatic N) is 1. The van der Waals surface area contributed by atoms with Gasteiger partial charge in [0, 0.05) is 32.8 Å². The number of halogens is 1. The van der Waals surface area contributed by atoms with Crippen LogP contribution >= 0.6 is 0 Å². The van der Waals surface area contributed by atoms with Crippen LogP contribution in [-0.4, -0.2) is 32.8 Å². The number of nitrogens with one attached hydrogen (secondary N) is 1. The Morgan fingerprint density at radius 3 is 2.90 bits per heavy atom. The van der Waals surface area contributed by atoms with E-state index in [1.807, 2.05) is 12.1 Å². The van der Waals surface area contributed by atoms with Crippen molar-refractivity contribution in [1.29, 1.82) is 0 Å². The molecule has 1 saturated heterocycles. The highest BCUT2D eigenvalue weighted by molar-refractivity contribution is 5.49. The van der Waals surface area contributed by atoms with E-state index in [9.17, 15) is 4.39 Å². The summed E-state index contributed by atoms with van der Waals surface area (Å²) in [6, 6.07) is 6.00. The number of ether oxygens (including phenoxy) is 1. The number of benzene rings is 1. The first-order chi connectivity index (χ1) is 10.1. The largest absolute Gasteiger partial charge is 0.384 e. The first-order valence-electron chi connectivity index (χ1n) is 7.86. The van der Waals surface area contributed by atoms with Crippen molar-refractivity contribution in [3.8, 4) is 0 Å². The van der Waals surface area contributed by atoms with Gasteiger partial charge in [-0.3, -0.25) is 0 Å². The average Bonchev–Trinajstić information content (AvgIpc) is 2.46. The third kappa shape index (κ3) is 4.68. The van der Waals surface area contributed by atoms with Gasteiger partial charge in [0.05, 0.1) is 12.3 Å². The normalized spacial score (nSPS) is 19.3. The lowest BCUT2D eigenvalue weighted by atomic mass is 9.98. The molecule has 0 saturated carbocycles. The third-order valence-electron chi connectivity index (χ3n) is 3.99. The van der Waals surface area contributed by atoms with Crippen molar-refractivity contribution in [3.05, 3.63) is 29.6 Å². The summed E-state index contributed by atoms with van der Waals surface area (Å²) in [4.78, 5) is 2.15. The fourth-order valence-electron chi connectivity index (χ4n) is 2.89. The highest BCUT2D eigenvalue weighted by Crippen LogP contribution is 2.26. The fraction of sp³-hybridized carbons (Fsp3) is 0.647. The lowest BCUT2D eigenvalue weighted by molar-refractivity contribution is 0.143. The maximum atomic E-state index is 14.4. The standard InChI is InChI=1S/C17H27FN2O/c1-13(2)19-10-14-6-7-17(16(18)9-14)20-8-4-5-15(11-20)12-21-3/h6-7,9,13,15,19H,4-5,8,10-12H2,1-3H3. The molecule has 1 N–H and O–H groups in total. The Labute approximate surface area is 127 Å². The molecule has 0 spiro atoms. The SMILES string of the molecule is COCC1CCCN(c2ccc(CNC(C)C)cc2F)C1. The van der Waals surface area contributed by atoms with E-state index >= 15 is 0 Å².